The molecule has 0 spiro atoms. The van der Waals surface area contributed by atoms with Crippen molar-refractivity contribution in [2.45, 2.75) is 40.3 Å². The first-order valence-electron chi connectivity index (χ1n) is 10.00. The number of hydrogen-bond acceptors (Lipinski definition) is 4. The number of methoxy groups -OCH3 is 1. The first kappa shape index (κ1) is 20.9. The summed E-state index contributed by atoms with van der Waals surface area (Å²) in [5.41, 5.74) is 5.02. The van der Waals surface area contributed by atoms with E-state index < -0.39 is 0 Å². The topological polar surface area (TPSA) is 65.4 Å². The van der Waals surface area contributed by atoms with Gasteiger partial charge in [-0.05, 0) is 50.1 Å². The standard InChI is InChI=1S/C23H29N3O3/c1-5-12-29-23-19(7-6-10-24-23)15-25-22(27)18-8-9-21-20(14-18)16(2)17(3)26(21)11-13-28-4/h6-10,14H,5,11-13,15H2,1-4H3,(H,25,27). The van der Waals surface area contributed by atoms with Crippen LogP contribution >= 0.6 is 0 Å². The molecule has 0 unspecified atom stereocenters. The number of carbonyl (C=O) groups is 1. The lowest BCUT2D eigenvalue weighted by Crippen LogP contribution is -2.23. The molecule has 0 aliphatic carbocycles. The van der Waals surface area contributed by atoms with E-state index in [1.54, 1.807) is 13.3 Å². The molecule has 3 aromatic rings. The lowest BCUT2D eigenvalue weighted by molar-refractivity contribution is 0.0950. The molecule has 0 saturated carbocycles. The lowest BCUT2D eigenvalue weighted by atomic mass is 10.1. The van der Waals surface area contributed by atoms with Crippen molar-refractivity contribution in [3.8, 4) is 5.88 Å². The molecule has 1 N–H and O–H groups in total. The van der Waals surface area contributed by atoms with E-state index in [9.17, 15) is 4.79 Å². The van der Waals surface area contributed by atoms with E-state index in [-0.39, 0.29) is 5.91 Å². The van der Waals surface area contributed by atoms with Crippen molar-refractivity contribution in [1.29, 1.82) is 0 Å². The third-order valence-electron chi connectivity index (χ3n) is 5.15. The molecule has 0 saturated heterocycles. The van der Waals surface area contributed by atoms with E-state index in [0.29, 0.717) is 31.2 Å². The summed E-state index contributed by atoms with van der Waals surface area (Å²) in [5.74, 6) is 0.464. The number of pyridine rings is 1. The van der Waals surface area contributed by atoms with E-state index >= 15 is 0 Å². The van der Waals surface area contributed by atoms with Crippen molar-refractivity contribution in [3.05, 3.63) is 58.9 Å². The molecule has 0 aliphatic rings. The van der Waals surface area contributed by atoms with E-state index in [0.717, 1.165) is 29.4 Å². The minimum Gasteiger partial charge on any atom is -0.477 e. The van der Waals surface area contributed by atoms with Gasteiger partial charge in [-0.1, -0.05) is 13.0 Å². The van der Waals surface area contributed by atoms with Gasteiger partial charge in [-0.3, -0.25) is 4.79 Å². The Kier molecular flexibility index (Phi) is 6.88. The number of nitrogens with zero attached hydrogens (tertiary/aromatic N) is 2. The normalized spacial score (nSPS) is 11.0. The maximum atomic E-state index is 12.8. The van der Waals surface area contributed by atoms with Crippen molar-refractivity contribution in [1.82, 2.24) is 14.9 Å². The van der Waals surface area contributed by atoms with Crippen LogP contribution < -0.4 is 10.1 Å². The molecule has 6 nitrogen and oxygen atoms in total. The number of carbonyl (C=O) groups excluding carboxylic acids is 1. The minimum atomic E-state index is -0.112. The van der Waals surface area contributed by atoms with Crippen LogP contribution in [0.1, 0.15) is 40.5 Å². The number of ether oxygens (including phenoxy) is 2. The fourth-order valence-corrected chi connectivity index (χ4v) is 3.43. The number of aryl methyl sites for hydroxylation is 1. The van der Waals surface area contributed by atoms with Gasteiger partial charge in [0.15, 0.2) is 0 Å². The fourth-order valence-electron chi connectivity index (χ4n) is 3.43. The first-order valence-corrected chi connectivity index (χ1v) is 10.00. The van der Waals surface area contributed by atoms with Crippen molar-refractivity contribution in [2.75, 3.05) is 20.3 Å². The summed E-state index contributed by atoms with van der Waals surface area (Å²) >= 11 is 0. The number of fused-ring (bicyclic) bond motifs is 1. The molecular formula is C23H29N3O3. The predicted molar refractivity (Wildman–Crippen MR) is 114 cm³/mol. The summed E-state index contributed by atoms with van der Waals surface area (Å²) in [7, 11) is 1.71. The van der Waals surface area contributed by atoms with Crippen LogP contribution in [0, 0.1) is 13.8 Å². The lowest BCUT2D eigenvalue weighted by Gasteiger charge is -2.11. The zero-order chi connectivity index (χ0) is 20.8. The van der Waals surface area contributed by atoms with Crippen LogP contribution in [-0.4, -0.2) is 35.8 Å². The second-order valence-corrected chi connectivity index (χ2v) is 7.09. The Hall–Kier alpha value is -2.86. The Morgan fingerprint density at radius 1 is 1.21 bits per heavy atom. The van der Waals surface area contributed by atoms with Crippen LogP contribution in [-0.2, 0) is 17.8 Å². The van der Waals surface area contributed by atoms with E-state index in [1.165, 1.54) is 11.3 Å². The quantitative estimate of drug-likeness (QED) is 0.594. The van der Waals surface area contributed by atoms with Gasteiger partial charge in [0.1, 0.15) is 0 Å². The van der Waals surface area contributed by atoms with Crippen LogP contribution in [0.2, 0.25) is 0 Å². The smallest absolute Gasteiger partial charge is 0.251 e. The highest BCUT2D eigenvalue weighted by molar-refractivity contribution is 5.99. The van der Waals surface area contributed by atoms with Gasteiger partial charge in [-0.15, -0.1) is 0 Å². The predicted octanol–water partition coefficient (Wildman–Crippen LogP) is 4.02. The molecule has 1 aromatic carbocycles. The van der Waals surface area contributed by atoms with Gasteiger partial charge in [0.05, 0.1) is 13.2 Å². The number of rotatable bonds is 9. The molecule has 2 aromatic heterocycles. The zero-order valence-corrected chi connectivity index (χ0v) is 17.6. The summed E-state index contributed by atoms with van der Waals surface area (Å²) < 4.78 is 13.1. The Balaban J connectivity index is 1.77. The Morgan fingerprint density at radius 2 is 2.03 bits per heavy atom. The molecule has 2 heterocycles. The van der Waals surface area contributed by atoms with Crippen molar-refractivity contribution in [2.24, 2.45) is 0 Å². The highest BCUT2D eigenvalue weighted by Gasteiger charge is 2.14. The maximum Gasteiger partial charge on any atom is 0.251 e. The van der Waals surface area contributed by atoms with Gasteiger partial charge in [0.2, 0.25) is 5.88 Å². The molecule has 154 valence electrons. The number of nitrogens with one attached hydrogen (secondary N) is 1. The average Bonchev–Trinajstić information content (AvgIpc) is 2.99. The van der Waals surface area contributed by atoms with Gasteiger partial charge in [0, 0.05) is 54.1 Å². The number of hydrogen-bond donors (Lipinski definition) is 1. The molecule has 1 amide bonds. The van der Waals surface area contributed by atoms with E-state index in [1.807, 2.05) is 37.3 Å². The molecule has 0 aliphatic heterocycles. The summed E-state index contributed by atoms with van der Waals surface area (Å²) in [6, 6.07) is 9.62. The van der Waals surface area contributed by atoms with Crippen LogP contribution in [0.25, 0.3) is 10.9 Å². The van der Waals surface area contributed by atoms with Gasteiger partial charge in [0.25, 0.3) is 5.91 Å². The van der Waals surface area contributed by atoms with Crippen LogP contribution in [0.3, 0.4) is 0 Å². The average molecular weight is 396 g/mol. The highest BCUT2D eigenvalue weighted by atomic mass is 16.5. The zero-order valence-electron chi connectivity index (χ0n) is 17.6. The molecule has 0 fully saturated rings. The Morgan fingerprint density at radius 3 is 2.79 bits per heavy atom. The summed E-state index contributed by atoms with van der Waals surface area (Å²) in [5, 5.41) is 4.08. The summed E-state index contributed by atoms with van der Waals surface area (Å²) in [6.45, 7) is 8.66. The van der Waals surface area contributed by atoms with Crippen LogP contribution in [0.5, 0.6) is 5.88 Å². The maximum absolute atomic E-state index is 12.8. The van der Waals surface area contributed by atoms with Crippen molar-refractivity contribution < 1.29 is 14.3 Å². The van der Waals surface area contributed by atoms with Crippen LogP contribution in [0.4, 0.5) is 0 Å². The molecule has 0 radical (unpaired) electrons. The summed E-state index contributed by atoms with van der Waals surface area (Å²) in [4.78, 5) is 17.0. The largest absolute Gasteiger partial charge is 0.477 e. The molecule has 6 heteroatoms. The number of benzene rings is 1. The molecule has 0 bridgehead atoms. The van der Waals surface area contributed by atoms with E-state index in [4.69, 9.17) is 9.47 Å². The second kappa shape index (κ2) is 9.56. The van der Waals surface area contributed by atoms with Gasteiger partial charge >= 0.3 is 0 Å². The second-order valence-electron chi connectivity index (χ2n) is 7.09. The number of aromatic nitrogens is 2. The molecule has 3 rings (SSSR count). The van der Waals surface area contributed by atoms with Gasteiger partial charge in [-0.25, -0.2) is 4.98 Å². The Bertz CT molecular complexity index is 994. The first-order chi connectivity index (χ1) is 14.1. The van der Waals surface area contributed by atoms with Crippen molar-refractivity contribution in [3.63, 3.8) is 0 Å². The van der Waals surface area contributed by atoms with Gasteiger partial charge < -0.3 is 19.4 Å². The van der Waals surface area contributed by atoms with Crippen molar-refractivity contribution >= 4 is 16.8 Å². The molecule has 0 atom stereocenters. The molecule has 29 heavy (non-hydrogen) atoms. The Labute approximate surface area is 171 Å². The summed E-state index contributed by atoms with van der Waals surface area (Å²) in [6.07, 6.45) is 2.61. The molecular weight excluding hydrogens is 366 g/mol. The highest BCUT2D eigenvalue weighted by Crippen LogP contribution is 2.26. The fraction of sp³-hybridized carbons (Fsp3) is 0.391. The third-order valence-corrected chi connectivity index (χ3v) is 5.15. The number of amides is 1. The van der Waals surface area contributed by atoms with E-state index in [2.05, 4.69) is 28.7 Å². The van der Waals surface area contributed by atoms with Gasteiger partial charge in [-0.2, -0.15) is 0 Å². The minimum absolute atomic E-state index is 0.112. The third kappa shape index (κ3) is 4.59. The van der Waals surface area contributed by atoms with Crippen LogP contribution in [0.15, 0.2) is 36.5 Å². The monoisotopic (exact) mass is 395 g/mol. The SMILES string of the molecule is CCCOc1ncccc1CNC(=O)c1ccc2c(c1)c(C)c(C)n2CCOC.